The van der Waals surface area contributed by atoms with E-state index >= 15 is 0 Å². The molecule has 0 bridgehead atoms. The Morgan fingerprint density at radius 3 is 2.68 bits per heavy atom. The first kappa shape index (κ1) is 28.1. The van der Waals surface area contributed by atoms with Gasteiger partial charge in [-0.15, -0.1) is 0 Å². The van der Waals surface area contributed by atoms with Gasteiger partial charge in [0.15, 0.2) is 0 Å². The third-order valence-electron chi connectivity index (χ3n) is 7.64. The summed E-state index contributed by atoms with van der Waals surface area (Å²) in [5.74, 6) is -2.64. The molecule has 1 aromatic heterocycles. The maximum absolute atomic E-state index is 14.9. The molecule has 214 valence electrons. The van der Waals surface area contributed by atoms with Crippen LogP contribution in [0.1, 0.15) is 32.3 Å². The third-order valence-corrected chi connectivity index (χ3v) is 7.64. The molecule has 0 radical (unpaired) electrons. The van der Waals surface area contributed by atoms with E-state index in [1.165, 1.54) is 43.3 Å². The van der Waals surface area contributed by atoms with Crippen LogP contribution in [-0.4, -0.2) is 40.2 Å². The zero-order valence-corrected chi connectivity index (χ0v) is 22.6. The molecule has 2 unspecified atom stereocenters. The standard InChI is InChI=1S/C30H28F4N4O3/c1-16-9-19(7-8-23(16)30(32,33)34)22-12-27(39)38(15-18-5-4-6-21(10-18)41-3)17(2)28(22)29(40)36-26-11-20-14-35-37-25(20)13-24(26)31/h4-8,10-11,13-14,16,22H,9,12,15H2,1-3H3,(H,35,37)(H,36,40). The Morgan fingerprint density at radius 2 is 1.98 bits per heavy atom. The second-order valence-corrected chi connectivity index (χ2v) is 10.3. The Hall–Kier alpha value is -4.41. The number of aromatic nitrogens is 2. The van der Waals surface area contributed by atoms with E-state index in [0.717, 1.165) is 11.6 Å². The van der Waals surface area contributed by atoms with Crippen molar-refractivity contribution in [2.24, 2.45) is 11.8 Å². The summed E-state index contributed by atoms with van der Waals surface area (Å²) in [5.41, 5.74) is 1.55. The number of H-pyrrole nitrogens is 1. The molecule has 0 saturated heterocycles. The van der Waals surface area contributed by atoms with E-state index in [1.54, 1.807) is 25.1 Å². The van der Waals surface area contributed by atoms with Gasteiger partial charge in [-0.05, 0) is 43.0 Å². The van der Waals surface area contributed by atoms with Crippen molar-refractivity contribution in [1.82, 2.24) is 15.1 Å². The highest BCUT2D eigenvalue weighted by atomic mass is 19.4. The number of nitrogens with zero attached hydrogens (tertiary/aromatic N) is 2. The number of halogens is 4. The van der Waals surface area contributed by atoms with Crippen molar-refractivity contribution in [2.75, 3.05) is 12.4 Å². The lowest BCUT2D eigenvalue weighted by Crippen LogP contribution is -2.40. The maximum Gasteiger partial charge on any atom is 0.412 e. The molecule has 2 aliphatic rings. The van der Waals surface area contributed by atoms with Crippen molar-refractivity contribution in [3.8, 4) is 5.75 Å². The molecule has 1 aliphatic carbocycles. The topological polar surface area (TPSA) is 87.3 Å². The highest BCUT2D eigenvalue weighted by molar-refractivity contribution is 6.07. The first-order chi connectivity index (χ1) is 19.5. The number of hydrogen-bond donors (Lipinski definition) is 2. The molecule has 2 aromatic carbocycles. The van der Waals surface area contributed by atoms with Gasteiger partial charge in [0, 0.05) is 40.6 Å². The number of benzene rings is 2. The fourth-order valence-electron chi connectivity index (χ4n) is 5.55. The molecule has 3 aromatic rings. The average Bonchev–Trinajstić information content (AvgIpc) is 3.37. The number of anilines is 1. The summed E-state index contributed by atoms with van der Waals surface area (Å²) in [7, 11) is 1.53. The van der Waals surface area contributed by atoms with Crippen LogP contribution in [0, 0.1) is 17.7 Å². The van der Waals surface area contributed by atoms with E-state index in [1.807, 2.05) is 6.07 Å². The highest BCUT2D eigenvalue weighted by Crippen LogP contribution is 2.43. The zero-order valence-electron chi connectivity index (χ0n) is 22.6. The van der Waals surface area contributed by atoms with Crippen LogP contribution in [0.2, 0.25) is 0 Å². The molecule has 2 amide bonds. The monoisotopic (exact) mass is 568 g/mol. The van der Waals surface area contributed by atoms with E-state index in [9.17, 15) is 27.2 Å². The van der Waals surface area contributed by atoms with Gasteiger partial charge in [0.25, 0.3) is 5.91 Å². The van der Waals surface area contributed by atoms with Gasteiger partial charge in [-0.25, -0.2) is 4.39 Å². The molecule has 2 atom stereocenters. The average molecular weight is 569 g/mol. The quantitative estimate of drug-likeness (QED) is 0.336. The predicted octanol–water partition coefficient (Wildman–Crippen LogP) is 6.43. The van der Waals surface area contributed by atoms with Crippen molar-refractivity contribution < 1.29 is 31.9 Å². The van der Waals surface area contributed by atoms with Crippen LogP contribution in [0.25, 0.3) is 10.9 Å². The number of methoxy groups -OCH3 is 1. The van der Waals surface area contributed by atoms with E-state index in [0.29, 0.717) is 27.9 Å². The number of carbonyl (C=O) groups excluding carboxylic acids is 2. The van der Waals surface area contributed by atoms with Gasteiger partial charge in [0.1, 0.15) is 11.6 Å². The molecule has 5 rings (SSSR count). The summed E-state index contributed by atoms with van der Waals surface area (Å²) in [4.78, 5) is 28.8. The Morgan fingerprint density at radius 1 is 1.20 bits per heavy atom. The van der Waals surface area contributed by atoms with Crippen LogP contribution in [0.5, 0.6) is 5.75 Å². The van der Waals surface area contributed by atoms with Crippen molar-refractivity contribution in [3.05, 3.63) is 88.5 Å². The molecular weight excluding hydrogens is 540 g/mol. The van der Waals surface area contributed by atoms with Gasteiger partial charge in [-0.2, -0.15) is 18.3 Å². The first-order valence-electron chi connectivity index (χ1n) is 13.0. The van der Waals surface area contributed by atoms with E-state index in [-0.39, 0.29) is 36.6 Å². The summed E-state index contributed by atoms with van der Waals surface area (Å²) in [6, 6.07) is 9.80. The van der Waals surface area contributed by atoms with Gasteiger partial charge in [-0.3, -0.25) is 14.7 Å². The fraction of sp³-hybridized carbons (Fsp3) is 0.300. The van der Waals surface area contributed by atoms with Crippen LogP contribution >= 0.6 is 0 Å². The molecular formula is C30H28F4N4O3. The minimum atomic E-state index is -4.48. The molecule has 41 heavy (non-hydrogen) atoms. The van der Waals surface area contributed by atoms with Crippen LogP contribution < -0.4 is 10.1 Å². The van der Waals surface area contributed by atoms with E-state index in [2.05, 4.69) is 15.5 Å². The second kappa shape index (κ2) is 10.9. The number of aromatic amines is 1. The highest BCUT2D eigenvalue weighted by Gasteiger charge is 2.42. The van der Waals surface area contributed by atoms with Gasteiger partial charge < -0.3 is 15.0 Å². The Kier molecular flexibility index (Phi) is 7.46. The van der Waals surface area contributed by atoms with E-state index < -0.39 is 35.3 Å². The molecule has 2 N–H and O–H groups in total. The Bertz CT molecular complexity index is 1620. The summed E-state index contributed by atoms with van der Waals surface area (Å²) < 4.78 is 60.6. The van der Waals surface area contributed by atoms with Crippen LogP contribution in [0.15, 0.2) is 77.2 Å². The normalized spacial score (nSPS) is 19.8. The van der Waals surface area contributed by atoms with Crippen molar-refractivity contribution in [1.29, 1.82) is 0 Å². The number of carbonyl (C=O) groups is 2. The zero-order chi connectivity index (χ0) is 29.5. The maximum atomic E-state index is 14.9. The fourth-order valence-corrected chi connectivity index (χ4v) is 5.55. The number of ether oxygens (including phenoxy) is 1. The van der Waals surface area contributed by atoms with Crippen molar-refractivity contribution in [3.63, 3.8) is 0 Å². The number of nitrogens with one attached hydrogen (secondary N) is 2. The van der Waals surface area contributed by atoms with Gasteiger partial charge >= 0.3 is 6.18 Å². The number of fused-ring (bicyclic) bond motifs is 1. The Labute approximate surface area is 233 Å². The lowest BCUT2D eigenvalue weighted by atomic mass is 9.76. The molecule has 7 nitrogen and oxygen atoms in total. The van der Waals surface area contributed by atoms with E-state index in [4.69, 9.17) is 4.74 Å². The largest absolute Gasteiger partial charge is 0.497 e. The van der Waals surface area contributed by atoms with Crippen LogP contribution in [-0.2, 0) is 16.1 Å². The summed E-state index contributed by atoms with van der Waals surface area (Å²) in [5, 5.41) is 9.75. The summed E-state index contributed by atoms with van der Waals surface area (Å²) in [6.07, 6.45) is -0.705. The van der Waals surface area contributed by atoms with Crippen molar-refractivity contribution >= 4 is 28.4 Å². The smallest absolute Gasteiger partial charge is 0.412 e. The summed E-state index contributed by atoms with van der Waals surface area (Å²) in [6.45, 7) is 3.24. The number of allylic oxidation sites excluding steroid dienone is 5. The number of hydrogen-bond acceptors (Lipinski definition) is 4. The predicted molar refractivity (Wildman–Crippen MR) is 145 cm³/mol. The SMILES string of the molecule is COc1cccc(CN2C(=O)CC(C3=CC=C(C(F)(F)F)C(C)C3)C(C(=O)Nc3cc4cn[nH]c4cc3F)=C2C)c1. The van der Waals surface area contributed by atoms with Crippen LogP contribution in [0.4, 0.5) is 23.2 Å². The lowest BCUT2D eigenvalue weighted by molar-refractivity contribution is -0.131. The molecule has 0 spiro atoms. The number of amides is 2. The second-order valence-electron chi connectivity index (χ2n) is 10.3. The molecule has 1 aliphatic heterocycles. The molecule has 11 heteroatoms. The first-order valence-corrected chi connectivity index (χ1v) is 13.0. The van der Waals surface area contributed by atoms with Gasteiger partial charge in [0.05, 0.1) is 31.1 Å². The minimum absolute atomic E-state index is 0.0264. The number of alkyl halides is 3. The Balaban J connectivity index is 1.55. The lowest BCUT2D eigenvalue weighted by Gasteiger charge is -2.37. The van der Waals surface area contributed by atoms with Gasteiger partial charge in [-0.1, -0.05) is 36.8 Å². The molecule has 0 saturated carbocycles. The third kappa shape index (κ3) is 5.61. The summed E-state index contributed by atoms with van der Waals surface area (Å²) >= 11 is 0. The van der Waals surface area contributed by atoms with Crippen molar-refractivity contribution in [2.45, 2.75) is 39.4 Å². The molecule has 2 heterocycles. The minimum Gasteiger partial charge on any atom is -0.497 e. The number of rotatable bonds is 6. The molecule has 0 fully saturated rings. The van der Waals surface area contributed by atoms with Crippen LogP contribution in [0.3, 0.4) is 0 Å². The van der Waals surface area contributed by atoms with Gasteiger partial charge in [0.2, 0.25) is 5.91 Å².